The van der Waals surface area contributed by atoms with E-state index in [1.165, 1.54) is 6.92 Å². The maximum atomic E-state index is 14.6. The molecule has 0 saturated carbocycles. The van der Waals surface area contributed by atoms with Gasteiger partial charge in [-0.05, 0) is 67.7 Å². The lowest BCUT2D eigenvalue weighted by Crippen LogP contribution is -2.67. The molecule has 0 spiro atoms. The summed E-state index contributed by atoms with van der Waals surface area (Å²) in [5, 5.41) is 9.06. The Hall–Kier alpha value is -7.26. The van der Waals surface area contributed by atoms with Crippen molar-refractivity contribution in [2.24, 2.45) is 0 Å². The summed E-state index contributed by atoms with van der Waals surface area (Å²) >= 11 is 19.3. The molecule has 3 aliphatic rings. The molecule has 15 atom stereocenters. The molecule has 19 nitrogen and oxygen atoms in total. The van der Waals surface area contributed by atoms with Crippen molar-refractivity contribution in [1.82, 2.24) is 0 Å². The molecule has 0 radical (unpaired) electrons. The normalized spacial score (nSPS) is 24.4. The topological polar surface area (TPSA) is 206 Å². The molecule has 11 rings (SSSR count). The molecular formula is C87H100Cl3NO18Si. The quantitative estimate of drug-likeness (QED) is 0.0126. The largest absolute Gasteiger partial charge is 0.454 e. The highest BCUT2D eigenvalue weighted by Crippen LogP contribution is 2.45. The van der Waals surface area contributed by atoms with Gasteiger partial charge in [0.1, 0.15) is 61.0 Å². The van der Waals surface area contributed by atoms with Gasteiger partial charge in [0.2, 0.25) is 12.2 Å². The number of rotatable bonds is 37. The van der Waals surface area contributed by atoms with Crippen molar-refractivity contribution in [3.8, 4) is 0 Å². The number of nitrogens with one attached hydrogen (secondary N) is 1. The van der Waals surface area contributed by atoms with E-state index in [0.29, 0.717) is 0 Å². The Labute approximate surface area is 661 Å². The SMILES string of the molecule is CC(=O)O[C@@H]1[C@@H](O[C@@H]2[C@@H](OC[C@H]3O[C@H](OC(=N)C(Cl)(Cl)Cl)[C@@H](OC(=O)c4ccccc4)[C@@H](OCc4ccccc4)[C@@H]3OCc3ccccc3)O[C@H](COCc3ccccc3)[C@@H](OCc3ccccc3)[C@@H]2OCc2ccccc2)O[C@H](CO[Si](C(C)C)(C(C)C)C(C)C)[C@@H](OCc2ccccc2)[C@@H]1OCc1ccccc1. The van der Waals surface area contributed by atoms with Gasteiger partial charge in [-0.15, -0.1) is 0 Å². The van der Waals surface area contributed by atoms with E-state index < -0.39 is 129 Å². The molecule has 0 aromatic heterocycles. The summed E-state index contributed by atoms with van der Waals surface area (Å²) in [5.41, 5.74) is 6.48. The van der Waals surface area contributed by atoms with Gasteiger partial charge in [0, 0.05) is 6.92 Å². The molecule has 0 aliphatic carbocycles. The number of hydrogen-bond acceptors (Lipinski definition) is 19. The van der Waals surface area contributed by atoms with Crippen LogP contribution in [0.5, 0.6) is 0 Å². The predicted molar refractivity (Wildman–Crippen MR) is 420 cm³/mol. The van der Waals surface area contributed by atoms with Gasteiger partial charge in [0.05, 0.1) is 71.6 Å². The fraction of sp³-hybridized carbons (Fsp3) is 0.414. The van der Waals surface area contributed by atoms with Crippen LogP contribution in [0.3, 0.4) is 0 Å². The van der Waals surface area contributed by atoms with Crippen molar-refractivity contribution in [1.29, 1.82) is 5.41 Å². The summed E-state index contributed by atoms with van der Waals surface area (Å²) in [6.45, 7) is 14.5. The number of halogens is 3. The molecule has 586 valence electrons. The number of ether oxygens (including phenoxy) is 15. The van der Waals surface area contributed by atoms with Crippen LogP contribution in [0.1, 0.15) is 97.8 Å². The zero-order valence-corrected chi connectivity index (χ0v) is 66.3. The van der Waals surface area contributed by atoms with Crippen LogP contribution in [0.25, 0.3) is 0 Å². The fourth-order valence-electron chi connectivity index (χ4n) is 14.6. The molecule has 3 fully saturated rings. The van der Waals surface area contributed by atoms with Gasteiger partial charge in [-0.2, -0.15) is 0 Å². The molecule has 0 amide bonds. The molecule has 8 aromatic carbocycles. The molecule has 0 unspecified atom stereocenters. The highest BCUT2D eigenvalue weighted by atomic mass is 35.6. The average molecular weight is 1580 g/mol. The van der Waals surface area contributed by atoms with E-state index in [-0.39, 0.29) is 81.6 Å². The van der Waals surface area contributed by atoms with E-state index in [2.05, 4.69) is 41.5 Å². The Morgan fingerprint density at radius 1 is 0.364 bits per heavy atom. The van der Waals surface area contributed by atoms with Crippen LogP contribution in [0.4, 0.5) is 0 Å². The molecule has 8 aromatic rings. The predicted octanol–water partition coefficient (Wildman–Crippen LogP) is 17.0. The molecular weight excluding hydrogens is 1480 g/mol. The molecule has 1 N–H and O–H groups in total. The second kappa shape index (κ2) is 41.5. The third kappa shape index (κ3) is 23.2. The monoisotopic (exact) mass is 1580 g/mol. The van der Waals surface area contributed by atoms with Crippen molar-refractivity contribution < 1.29 is 85.1 Å². The molecule has 23 heteroatoms. The van der Waals surface area contributed by atoms with E-state index in [4.69, 9.17) is 116 Å². The molecule has 3 aliphatic heterocycles. The first-order valence-electron chi connectivity index (χ1n) is 37.5. The van der Waals surface area contributed by atoms with Crippen molar-refractivity contribution in [3.63, 3.8) is 0 Å². The van der Waals surface area contributed by atoms with E-state index in [9.17, 15) is 9.59 Å². The average Bonchev–Trinajstić information content (AvgIpc) is 0.769. The van der Waals surface area contributed by atoms with E-state index in [1.54, 1.807) is 30.3 Å². The van der Waals surface area contributed by atoms with Crippen molar-refractivity contribution in [3.05, 3.63) is 287 Å². The van der Waals surface area contributed by atoms with Gasteiger partial charge >= 0.3 is 11.9 Å². The van der Waals surface area contributed by atoms with Gasteiger partial charge in [-0.25, -0.2) is 4.79 Å². The van der Waals surface area contributed by atoms with Crippen LogP contribution in [-0.4, -0.2) is 142 Å². The first-order valence-corrected chi connectivity index (χ1v) is 40.8. The Bertz CT molecular complexity index is 4000. The molecule has 0 bridgehead atoms. The smallest absolute Gasteiger partial charge is 0.338 e. The van der Waals surface area contributed by atoms with Crippen LogP contribution < -0.4 is 0 Å². The second-order valence-electron chi connectivity index (χ2n) is 28.5. The third-order valence-corrected chi connectivity index (χ3v) is 26.4. The van der Waals surface area contributed by atoms with Gasteiger partial charge in [-0.3, -0.25) is 10.2 Å². The van der Waals surface area contributed by atoms with Gasteiger partial charge < -0.3 is 75.5 Å². The maximum absolute atomic E-state index is 14.6. The molecule has 3 heterocycles. The maximum Gasteiger partial charge on any atom is 0.338 e. The Kier molecular flexibility index (Phi) is 31.6. The zero-order valence-electron chi connectivity index (χ0n) is 63.0. The minimum absolute atomic E-state index is 0.0135. The number of carbonyl (C=O) groups is 2. The number of carbonyl (C=O) groups excluding carboxylic acids is 2. The number of alkyl halides is 3. The number of benzene rings is 8. The highest BCUT2D eigenvalue weighted by molar-refractivity contribution is 6.77. The lowest BCUT2D eigenvalue weighted by molar-refractivity contribution is -0.383. The minimum Gasteiger partial charge on any atom is -0.454 e. The lowest BCUT2D eigenvalue weighted by atomic mass is 9.95. The second-order valence-corrected chi connectivity index (χ2v) is 36.3. The Balaban J connectivity index is 1.07. The first-order chi connectivity index (χ1) is 53.3. The standard InChI is InChI=1S/C87H100Cl3NO18Si/c1-58(2)110(59(3)4,60(5)6)102-57-72-75(97-51-65-38-22-11-23-39-65)77(99-53-67-42-26-13-27-43-67)80(103-61(7)92)84(106-72)108-79-76(98-52-66-40-24-12-25-41-66)73(95-49-63-34-18-9-19-35-63)70(55-94-48-62-32-16-8-17-33-62)104-83(79)101-56-71-74(96-50-64-36-20-10-21-37-64)78(100-54-68-44-28-14-29-45-68)81(85(105-71)109-86(91)87(88,89)90)107-82(93)69-46-30-15-31-47-69/h8-47,58-60,70-81,83-85,91H,48-57H2,1-7H3/t70-,71-,72-,73-,74-,75-,76+,77+,78+,79+,80+,81+,83+,84-,85-/m1/s1. The van der Waals surface area contributed by atoms with Crippen molar-refractivity contribution in [2.75, 3.05) is 19.8 Å². The van der Waals surface area contributed by atoms with Crippen molar-refractivity contribution >= 4 is 61.0 Å². The summed E-state index contributed by atoms with van der Waals surface area (Å²) < 4.78 is 111. The zero-order chi connectivity index (χ0) is 77.4. The summed E-state index contributed by atoms with van der Waals surface area (Å²) in [6.07, 6.45) is -19.3. The first kappa shape index (κ1) is 83.7. The van der Waals surface area contributed by atoms with Crippen LogP contribution in [-0.2, 0) is 127 Å². The van der Waals surface area contributed by atoms with Gasteiger partial charge in [0.15, 0.2) is 33.1 Å². The highest BCUT2D eigenvalue weighted by Gasteiger charge is 2.58. The summed E-state index contributed by atoms with van der Waals surface area (Å²) in [7, 11) is -2.71. The van der Waals surface area contributed by atoms with Gasteiger partial charge in [-0.1, -0.05) is 307 Å². The van der Waals surface area contributed by atoms with Crippen LogP contribution in [0.2, 0.25) is 16.6 Å². The Morgan fingerprint density at radius 2 is 0.673 bits per heavy atom. The third-order valence-electron chi connectivity index (χ3n) is 19.8. The van der Waals surface area contributed by atoms with Gasteiger partial charge in [0.25, 0.3) is 3.79 Å². The minimum atomic E-state index is -2.71. The van der Waals surface area contributed by atoms with Crippen LogP contribution in [0.15, 0.2) is 243 Å². The summed E-state index contributed by atoms with van der Waals surface area (Å²) in [5.74, 6) is -2.31. The summed E-state index contributed by atoms with van der Waals surface area (Å²) in [4.78, 5) is 28.7. The lowest BCUT2D eigenvalue weighted by Gasteiger charge is -2.51. The van der Waals surface area contributed by atoms with Crippen molar-refractivity contribution in [2.45, 2.75) is 207 Å². The fourth-order valence-corrected chi connectivity index (χ4v) is 20.2. The van der Waals surface area contributed by atoms with E-state index in [1.807, 2.05) is 212 Å². The molecule has 110 heavy (non-hydrogen) atoms. The summed E-state index contributed by atoms with van der Waals surface area (Å²) in [6, 6.07) is 75.8. The number of esters is 2. The van der Waals surface area contributed by atoms with Crippen LogP contribution in [0, 0.1) is 5.41 Å². The van der Waals surface area contributed by atoms with E-state index >= 15 is 0 Å². The van der Waals surface area contributed by atoms with E-state index in [0.717, 1.165) is 38.9 Å². The molecule has 3 saturated heterocycles. The van der Waals surface area contributed by atoms with Crippen LogP contribution >= 0.6 is 34.8 Å². The Morgan fingerprint density at radius 3 is 1.04 bits per heavy atom. The number of hydrogen-bond donors (Lipinski definition) is 1.